The number of hydrogen-bond donors (Lipinski definition) is 0. The van der Waals surface area contributed by atoms with E-state index in [4.69, 9.17) is 4.74 Å². The van der Waals surface area contributed by atoms with Crippen molar-refractivity contribution in [1.82, 2.24) is 9.97 Å². The van der Waals surface area contributed by atoms with Gasteiger partial charge < -0.3 is 4.74 Å². The predicted octanol–water partition coefficient (Wildman–Crippen LogP) is 6.21. The first-order valence-corrected chi connectivity index (χ1v) is 11.6. The second kappa shape index (κ2) is 9.03. The summed E-state index contributed by atoms with van der Waals surface area (Å²) in [7, 11) is 0. The second-order valence-electron chi connectivity index (χ2n) is 9.79. The van der Waals surface area contributed by atoms with Crippen molar-refractivity contribution in [3.05, 3.63) is 23.8 Å². The minimum Gasteiger partial charge on any atom is -0.375 e. The van der Waals surface area contributed by atoms with Crippen molar-refractivity contribution in [2.75, 3.05) is 0 Å². The summed E-state index contributed by atoms with van der Waals surface area (Å²) in [5.74, 6) is 4.57. The topological polar surface area (TPSA) is 35.0 Å². The Morgan fingerprint density at radius 1 is 0.704 bits per heavy atom. The van der Waals surface area contributed by atoms with Gasteiger partial charge in [-0.25, -0.2) is 9.97 Å². The average Bonchev–Trinajstić information content (AvgIpc) is 2.71. The smallest absolute Gasteiger partial charge is 0.131 e. The first kappa shape index (κ1) is 19.4. The molecule has 1 aromatic rings. The van der Waals surface area contributed by atoms with Gasteiger partial charge in [-0.3, -0.25) is 0 Å². The summed E-state index contributed by atoms with van der Waals surface area (Å²) in [6, 6.07) is 0. The van der Waals surface area contributed by atoms with E-state index in [0.717, 1.165) is 29.1 Å². The lowest BCUT2D eigenvalue weighted by molar-refractivity contribution is -0.0577. The van der Waals surface area contributed by atoms with Crippen LogP contribution < -0.4 is 0 Å². The Balaban J connectivity index is 1.17. The quantitative estimate of drug-likeness (QED) is 0.631. The van der Waals surface area contributed by atoms with Gasteiger partial charge in [-0.1, -0.05) is 19.8 Å². The number of aryl methyl sites for hydroxylation is 1. The zero-order valence-corrected chi connectivity index (χ0v) is 17.4. The Hall–Kier alpha value is -0.960. The van der Waals surface area contributed by atoms with E-state index in [2.05, 4.69) is 23.8 Å². The van der Waals surface area contributed by atoms with Crippen LogP contribution in [0.5, 0.6) is 0 Å². The largest absolute Gasteiger partial charge is 0.375 e. The van der Waals surface area contributed by atoms with E-state index in [-0.39, 0.29) is 0 Å². The SMILES string of the molecule is Cc1cnc(C2CCC(OC3CCC(C4CCC(C)CC4)CC3)CC2)nc1. The van der Waals surface area contributed by atoms with Crippen LogP contribution in [0.4, 0.5) is 0 Å². The van der Waals surface area contributed by atoms with E-state index in [1.807, 2.05) is 12.4 Å². The first-order chi connectivity index (χ1) is 13.2. The number of hydrogen-bond acceptors (Lipinski definition) is 3. The third-order valence-corrected chi connectivity index (χ3v) is 7.67. The van der Waals surface area contributed by atoms with Crippen molar-refractivity contribution in [2.24, 2.45) is 17.8 Å². The summed E-state index contributed by atoms with van der Waals surface area (Å²) in [5.41, 5.74) is 1.15. The Morgan fingerprint density at radius 2 is 1.19 bits per heavy atom. The van der Waals surface area contributed by atoms with E-state index in [0.29, 0.717) is 18.1 Å². The second-order valence-corrected chi connectivity index (χ2v) is 9.79. The zero-order valence-electron chi connectivity index (χ0n) is 17.4. The molecule has 3 saturated carbocycles. The van der Waals surface area contributed by atoms with Crippen LogP contribution in [0.2, 0.25) is 0 Å². The van der Waals surface area contributed by atoms with Crippen molar-refractivity contribution in [2.45, 2.75) is 109 Å². The molecule has 0 spiro atoms. The number of ether oxygens (including phenoxy) is 1. The number of nitrogens with zero attached hydrogens (tertiary/aromatic N) is 2. The van der Waals surface area contributed by atoms with E-state index in [1.165, 1.54) is 77.0 Å². The van der Waals surface area contributed by atoms with Crippen molar-refractivity contribution in [3.63, 3.8) is 0 Å². The molecule has 3 aliphatic rings. The molecule has 3 aliphatic carbocycles. The summed E-state index contributed by atoms with van der Waals surface area (Å²) in [6.45, 7) is 4.48. The van der Waals surface area contributed by atoms with Gasteiger partial charge in [0.2, 0.25) is 0 Å². The highest BCUT2D eigenvalue weighted by Gasteiger charge is 2.32. The minimum absolute atomic E-state index is 0.476. The monoisotopic (exact) mass is 370 g/mol. The van der Waals surface area contributed by atoms with Crippen LogP contribution in [0, 0.1) is 24.7 Å². The molecule has 1 heterocycles. The van der Waals surface area contributed by atoms with Crippen LogP contribution in [-0.2, 0) is 4.74 Å². The molecule has 0 amide bonds. The molecule has 3 nitrogen and oxygen atoms in total. The highest BCUT2D eigenvalue weighted by atomic mass is 16.5. The van der Waals surface area contributed by atoms with Gasteiger partial charge in [-0.05, 0) is 94.4 Å². The molecule has 0 aliphatic heterocycles. The van der Waals surface area contributed by atoms with Crippen LogP contribution in [0.3, 0.4) is 0 Å². The molecule has 0 saturated heterocycles. The molecule has 0 atom stereocenters. The number of rotatable bonds is 4. The van der Waals surface area contributed by atoms with Gasteiger partial charge in [0.25, 0.3) is 0 Å². The van der Waals surface area contributed by atoms with Crippen molar-refractivity contribution in [3.8, 4) is 0 Å². The lowest BCUT2D eigenvalue weighted by Crippen LogP contribution is -2.32. The molecule has 0 bridgehead atoms. The Morgan fingerprint density at radius 3 is 1.74 bits per heavy atom. The Labute approximate surface area is 165 Å². The molecule has 0 N–H and O–H groups in total. The van der Waals surface area contributed by atoms with Gasteiger partial charge in [0.15, 0.2) is 0 Å². The van der Waals surface area contributed by atoms with Crippen molar-refractivity contribution in [1.29, 1.82) is 0 Å². The highest BCUT2D eigenvalue weighted by Crippen LogP contribution is 2.41. The van der Waals surface area contributed by atoms with Gasteiger partial charge in [0, 0.05) is 18.3 Å². The molecule has 3 heteroatoms. The van der Waals surface area contributed by atoms with Gasteiger partial charge in [0.1, 0.15) is 5.82 Å². The maximum Gasteiger partial charge on any atom is 0.131 e. The number of aromatic nitrogens is 2. The highest BCUT2D eigenvalue weighted by molar-refractivity contribution is 5.06. The fraction of sp³-hybridized carbons (Fsp3) is 0.833. The molecule has 150 valence electrons. The van der Waals surface area contributed by atoms with E-state index in [1.54, 1.807) is 0 Å². The van der Waals surface area contributed by atoms with Crippen molar-refractivity contribution < 1.29 is 4.74 Å². The van der Waals surface area contributed by atoms with Gasteiger partial charge in [0.05, 0.1) is 12.2 Å². The molecular weight excluding hydrogens is 332 g/mol. The van der Waals surface area contributed by atoms with Gasteiger partial charge in [-0.15, -0.1) is 0 Å². The summed E-state index contributed by atoms with van der Waals surface area (Å²) < 4.78 is 6.55. The maximum absolute atomic E-state index is 6.55. The summed E-state index contributed by atoms with van der Waals surface area (Å²) >= 11 is 0. The Kier molecular flexibility index (Phi) is 6.47. The van der Waals surface area contributed by atoms with Crippen LogP contribution in [0.25, 0.3) is 0 Å². The third-order valence-electron chi connectivity index (χ3n) is 7.67. The predicted molar refractivity (Wildman–Crippen MR) is 110 cm³/mol. The summed E-state index contributed by atoms with van der Waals surface area (Å²) in [4.78, 5) is 9.10. The minimum atomic E-state index is 0.476. The molecule has 4 rings (SSSR count). The lowest BCUT2D eigenvalue weighted by atomic mass is 9.71. The molecular formula is C24H38N2O. The van der Waals surface area contributed by atoms with Gasteiger partial charge in [-0.2, -0.15) is 0 Å². The molecule has 3 fully saturated rings. The lowest BCUT2D eigenvalue weighted by Gasteiger charge is -2.38. The van der Waals surface area contributed by atoms with E-state index < -0.39 is 0 Å². The standard InChI is InChI=1S/C24H38N2O/c1-17-3-5-19(6-4-17)20-7-11-22(12-8-20)27-23-13-9-21(10-14-23)24-25-15-18(2)16-26-24/h15-17,19-23H,3-14H2,1-2H3. The van der Waals surface area contributed by atoms with E-state index >= 15 is 0 Å². The summed E-state index contributed by atoms with van der Waals surface area (Å²) in [6.07, 6.45) is 21.0. The van der Waals surface area contributed by atoms with Crippen LogP contribution >= 0.6 is 0 Å². The molecule has 1 aromatic heterocycles. The zero-order chi connectivity index (χ0) is 18.6. The fourth-order valence-corrected chi connectivity index (χ4v) is 5.80. The molecule has 0 radical (unpaired) electrons. The molecule has 0 unspecified atom stereocenters. The van der Waals surface area contributed by atoms with Crippen LogP contribution in [0.1, 0.15) is 101 Å². The van der Waals surface area contributed by atoms with E-state index in [9.17, 15) is 0 Å². The molecule has 27 heavy (non-hydrogen) atoms. The summed E-state index contributed by atoms with van der Waals surface area (Å²) in [5, 5.41) is 0. The molecule has 0 aromatic carbocycles. The van der Waals surface area contributed by atoms with Crippen LogP contribution in [-0.4, -0.2) is 22.2 Å². The van der Waals surface area contributed by atoms with Gasteiger partial charge >= 0.3 is 0 Å². The first-order valence-electron chi connectivity index (χ1n) is 11.6. The van der Waals surface area contributed by atoms with Crippen LogP contribution in [0.15, 0.2) is 12.4 Å². The third kappa shape index (κ3) is 5.10. The normalized spacial score (nSPS) is 37.9. The fourth-order valence-electron chi connectivity index (χ4n) is 5.80. The average molecular weight is 371 g/mol. The Bertz CT molecular complexity index is 563. The van der Waals surface area contributed by atoms with Crippen molar-refractivity contribution >= 4 is 0 Å². The maximum atomic E-state index is 6.55.